The van der Waals surface area contributed by atoms with Crippen molar-refractivity contribution in [1.29, 1.82) is 0 Å². The molecule has 2 N–H and O–H groups in total. The summed E-state index contributed by atoms with van der Waals surface area (Å²) in [5.41, 5.74) is 1.05. The lowest BCUT2D eigenvalue weighted by Crippen LogP contribution is -2.37. The van der Waals surface area contributed by atoms with E-state index in [0.717, 1.165) is 43.2 Å². The maximum Gasteiger partial charge on any atom is 0.191 e. The van der Waals surface area contributed by atoms with E-state index < -0.39 is 0 Å². The van der Waals surface area contributed by atoms with E-state index in [2.05, 4.69) is 40.7 Å². The monoisotopic (exact) mass is 420 g/mol. The van der Waals surface area contributed by atoms with Crippen molar-refractivity contribution >= 4 is 29.9 Å². The van der Waals surface area contributed by atoms with Crippen LogP contribution in [-0.4, -0.2) is 24.7 Å². The fraction of sp³-hybridized carbons (Fsp3) is 0.625. The van der Waals surface area contributed by atoms with Gasteiger partial charge in [0.15, 0.2) is 11.7 Å². The Kier molecular flexibility index (Phi) is 11.9. The molecule has 0 fully saturated rings. The van der Waals surface area contributed by atoms with Crippen LogP contribution in [0.15, 0.2) is 27.7 Å². The van der Waals surface area contributed by atoms with Gasteiger partial charge in [-0.2, -0.15) is 0 Å². The van der Waals surface area contributed by atoms with Gasteiger partial charge < -0.3 is 15.2 Å². The molecule has 0 spiro atoms. The molecule has 0 atom stereocenters. The molecule has 1 aromatic heterocycles. The standard InChI is InChI=1S/C16H28N4O.HI/c1-5-8-9-10-18-16(17-4)19-12-14-11-15(20-21-14)13(6-2)7-3;/h5,8,11,13H,6-7,9-10,12H2,1-4H3,(H2,17,18,19);1H/b8-5+;. The number of hydrogen-bond donors (Lipinski definition) is 2. The molecule has 0 saturated carbocycles. The highest BCUT2D eigenvalue weighted by atomic mass is 127. The van der Waals surface area contributed by atoms with E-state index in [0.29, 0.717) is 12.5 Å². The summed E-state index contributed by atoms with van der Waals surface area (Å²) in [6.45, 7) is 7.83. The van der Waals surface area contributed by atoms with Gasteiger partial charge in [-0.05, 0) is 26.2 Å². The summed E-state index contributed by atoms with van der Waals surface area (Å²) < 4.78 is 5.38. The van der Waals surface area contributed by atoms with Crippen molar-refractivity contribution < 1.29 is 4.52 Å². The van der Waals surface area contributed by atoms with Gasteiger partial charge in [0.25, 0.3) is 0 Å². The Morgan fingerprint density at radius 3 is 2.68 bits per heavy atom. The molecule has 0 amide bonds. The summed E-state index contributed by atoms with van der Waals surface area (Å²) in [6.07, 6.45) is 7.33. The summed E-state index contributed by atoms with van der Waals surface area (Å²) in [6, 6.07) is 2.04. The third-order valence-corrected chi connectivity index (χ3v) is 3.47. The summed E-state index contributed by atoms with van der Waals surface area (Å²) in [4.78, 5) is 4.18. The highest BCUT2D eigenvalue weighted by molar-refractivity contribution is 14.0. The molecular weight excluding hydrogens is 391 g/mol. The fourth-order valence-electron chi connectivity index (χ4n) is 2.14. The first-order valence-corrected chi connectivity index (χ1v) is 7.76. The summed E-state index contributed by atoms with van der Waals surface area (Å²) in [7, 11) is 1.76. The van der Waals surface area contributed by atoms with Gasteiger partial charge in [-0.3, -0.25) is 4.99 Å². The van der Waals surface area contributed by atoms with Crippen LogP contribution < -0.4 is 10.6 Å². The Morgan fingerprint density at radius 1 is 1.36 bits per heavy atom. The second kappa shape index (κ2) is 12.5. The van der Waals surface area contributed by atoms with Crippen LogP contribution in [0.2, 0.25) is 0 Å². The Bertz CT molecular complexity index is 453. The van der Waals surface area contributed by atoms with Gasteiger partial charge in [-0.1, -0.05) is 31.2 Å². The summed E-state index contributed by atoms with van der Waals surface area (Å²) in [5, 5.41) is 10.6. The number of nitrogens with one attached hydrogen (secondary N) is 2. The number of halogens is 1. The molecule has 0 bridgehead atoms. The smallest absolute Gasteiger partial charge is 0.191 e. The van der Waals surface area contributed by atoms with Gasteiger partial charge in [0.2, 0.25) is 0 Å². The van der Waals surface area contributed by atoms with E-state index in [1.54, 1.807) is 7.05 Å². The minimum Gasteiger partial charge on any atom is -0.359 e. The molecule has 126 valence electrons. The molecule has 1 rings (SSSR count). The molecule has 0 aromatic carbocycles. The quantitative estimate of drug-likeness (QED) is 0.221. The van der Waals surface area contributed by atoms with Crippen LogP contribution in [0.25, 0.3) is 0 Å². The average Bonchev–Trinajstić information content (AvgIpc) is 2.97. The van der Waals surface area contributed by atoms with E-state index in [4.69, 9.17) is 4.52 Å². The van der Waals surface area contributed by atoms with Crippen molar-refractivity contribution in [2.75, 3.05) is 13.6 Å². The Hall–Kier alpha value is -1.05. The van der Waals surface area contributed by atoms with E-state index >= 15 is 0 Å². The minimum atomic E-state index is 0. The van der Waals surface area contributed by atoms with Gasteiger partial charge in [0, 0.05) is 25.6 Å². The SMILES string of the molecule is C/C=C/CCNC(=NC)NCc1cc(C(CC)CC)no1.I. The lowest BCUT2D eigenvalue weighted by Gasteiger charge is -2.09. The van der Waals surface area contributed by atoms with Gasteiger partial charge in [0.05, 0.1) is 12.2 Å². The first-order chi connectivity index (χ1) is 10.2. The van der Waals surface area contributed by atoms with Gasteiger partial charge in [0.1, 0.15) is 0 Å². The second-order valence-electron chi connectivity index (χ2n) is 4.94. The van der Waals surface area contributed by atoms with Gasteiger partial charge in [-0.15, -0.1) is 24.0 Å². The number of aliphatic imine (C=N–C) groups is 1. The third-order valence-electron chi connectivity index (χ3n) is 3.47. The van der Waals surface area contributed by atoms with Crippen LogP contribution in [-0.2, 0) is 6.54 Å². The van der Waals surface area contributed by atoms with Crippen LogP contribution in [0, 0.1) is 0 Å². The molecule has 0 aliphatic rings. The average molecular weight is 420 g/mol. The minimum absolute atomic E-state index is 0. The second-order valence-corrected chi connectivity index (χ2v) is 4.94. The Morgan fingerprint density at radius 2 is 2.09 bits per heavy atom. The number of nitrogens with zero attached hydrogens (tertiary/aromatic N) is 2. The predicted molar refractivity (Wildman–Crippen MR) is 103 cm³/mol. The molecule has 0 saturated heterocycles. The first kappa shape index (κ1) is 20.9. The third kappa shape index (κ3) is 7.29. The van der Waals surface area contributed by atoms with E-state index in [1.165, 1.54) is 0 Å². The maximum absolute atomic E-state index is 5.38. The zero-order valence-electron chi connectivity index (χ0n) is 14.1. The molecule has 1 aromatic rings. The Labute approximate surface area is 151 Å². The lowest BCUT2D eigenvalue weighted by molar-refractivity contribution is 0.368. The highest BCUT2D eigenvalue weighted by Gasteiger charge is 2.12. The van der Waals surface area contributed by atoms with Crippen LogP contribution in [0.4, 0.5) is 0 Å². The number of allylic oxidation sites excluding steroid dienone is 1. The van der Waals surface area contributed by atoms with E-state index in [1.807, 2.05) is 19.1 Å². The first-order valence-electron chi connectivity index (χ1n) is 7.76. The molecule has 22 heavy (non-hydrogen) atoms. The number of guanidine groups is 1. The van der Waals surface area contributed by atoms with Gasteiger partial charge in [-0.25, -0.2) is 0 Å². The highest BCUT2D eigenvalue weighted by Crippen LogP contribution is 2.22. The largest absolute Gasteiger partial charge is 0.359 e. The van der Waals surface area contributed by atoms with Gasteiger partial charge >= 0.3 is 0 Å². The van der Waals surface area contributed by atoms with Crippen molar-refractivity contribution in [1.82, 2.24) is 15.8 Å². The zero-order valence-corrected chi connectivity index (χ0v) is 16.4. The molecular formula is C16H29IN4O. The molecule has 0 radical (unpaired) electrons. The molecule has 5 nitrogen and oxygen atoms in total. The Balaban J connectivity index is 0.00000441. The summed E-state index contributed by atoms with van der Waals surface area (Å²) in [5.74, 6) is 2.11. The van der Waals surface area contributed by atoms with Crippen molar-refractivity contribution in [2.45, 2.75) is 52.5 Å². The van der Waals surface area contributed by atoms with Crippen molar-refractivity contribution in [2.24, 2.45) is 4.99 Å². The topological polar surface area (TPSA) is 62.5 Å². The van der Waals surface area contributed by atoms with E-state index in [-0.39, 0.29) is 24.0 Å². The number of rotatable bonds is 8. The molecule has 6 heteroatoms. The molecule has 0 aliphatic carbocycles. The molecule has 0 unspecified atom stereocenters. The van der Waals surface area contributed by atoms with E-state index in [9.17, 15) is 0 Å². The molecule has 1 heterocycles. The summed E-state index contributed by atoms with van der Waals surface area (Å²) >= 11 is 0. The van der Waals surface area contributed by atoms with Crippen LogP contribution in [0.5, 0.6) is 0 Å². The van der Waals surface area contributed by atoms with Crippen LogP contribution >= 0.6 is 24.0 Å². The van der Waals surface area contributed by atoms with Crippen molar-refractivity contribution in [3.05, 3.63) is 29.7 Å². The lowest BCUT2D eigenvalue weighted by atomic mass is 9.99. The predicted octanol–water partition coefficient (Wildman–Crippen LogP) is 3.83. The van der Waals surface area contributed by atoms with Crippen LogP contribution in [0.1, 0.15) is 57.4 Å². The normalized spacial score (nSPS) is 11.8. The maximum atomic E-state index is 5.38. The van der Waals surface area contributed by atoms with Crippen LogP contribution in [0.3, 0.4) is 0 Å². The fourth-order valence-corrected chi connectivity index (χ4v) is 2.14. The zero-order chi connectivity index (χ0) is 15.5. The van der Waals surface area contributed by atoms with Crippen molar-refractivity contribution in [3.63, 3.8) is 0 Å². The number of hydrogen-bond acceptors (Lipinski definition) is 3. The van der Waals surface area contributed by atoms with Crippen molar-refractivity contribution in [3.8, 4) is 0 Å². The molecule has 0 aliphatic heterocycles. The number of aromatic nitrogens is 1.